The zero-order chi connectivity index (χ0) is 12.9. The van der Waals surface area contributed by atoms with Crippen LogP contribution >= 0.6 is 0 Å². The number of halogens is 3. The molecule has 0 heterocycles. The molecule has 0 aliphatic rings. The van der Waals surface area contributed by atoms with Gasteiger partial charge < -0.3 is 5.73 Å². The van der Waals surface area contributed by atoms with Crippen LogP contribution in [-0.4, -0.2) is 6.54 Å². The molecule has 2 N–H and O–H groups in total. The molecule has 92 valence electrons. The molecule has 0 fully saturated rings. The van der Waals surface area contributed by atoms with Crippen molar-refractivity contribution in [3.63, 3.8) is 0 Å². The van der Waals surface area contributed by atoms with E-state index in [-0.39, 0.29) is 12.5 Å². The van der Waals surface area contributed by atoms with E-state index in [0.29, 0.717) is 12.8 Å². The first-order valence-electron chi connectivity index (χ1n) is 5.23. The molecule has 0 spiro atoms. The van der Waals surface area contributed by atoms with Crippen LogP contribution in [0.2, 0.25) is 0 Å². The van der Waals surface area contributed by atoms with Crippen LogP contribution < -0.4 is 5.73 Å². The Morgan fingerprint density at radius 2 is 1.82 bits per heavy atom. The third kappa shape index (κ3) is 4.08. The number of hydrogen-bond donors (Lipinski definition) is 1. The summed E-state index contributed by atoms with van der Waals surface area (Å²) in [5, 5.41) is 8.68. The summed E-state index contributed by atoms with van der Waals surface area (Å²) in [5.74, 6) is -0.239. The van der Waals surface area contributed by atoms with Crippen LogP contribution in [0.5, 0.6) is 0 Å². The molecule has 5 heteroatoms. The lowest BCUT2D eigenvalue weighted by Crippen LogP contribution is -2.13. The molecule has 0 saturated heterocycles. The van der Waals surface area contributed by atoms with Gasteiger partial charge in [0.1, 0.15) is 0 Å². The summed E-state index contributed by atoms with van der Waals surface area (Å²) in [6.45, 7) is 0.275. The summed E-state index contributed by atoms with van der Waals surface area (Å²) in [7, 11) is 0. The van der Waals surface area contributed by atoms with Crippen molar-refractivity contribution in [2.24, 2.45) is 11.7 Å². The van der Waals surface area contributed by atoms with Crippen molar-refractivity contribution >= 4 is 0 Å². The predicted octanol–water partition coefficient (Wildman–Crippen LogP) is 2.74. The maximum Gasteiger partial charge on any atom is 0.416 e. The van der Waals surface area contributed by atoms with Crippen LogP contribution in [0.3, 0.4) is 0 Å². The Morgan fingerprint density at radius 3 is 2.24 bits per heavy atom. The molecule has 0 amide bonds. The molecule has 1 unspecified atom stereocenters. The molecule has 0 radical (unpaired) electrons. The highest BCUT2D eigenvalue weighted by atomic mass is 19.4. The molecule has 0 aromatic heterocycles. The van der Waals surface area contributed by atoms with E-state index in [4.69, 9.17) is 11.0 Å². The van der Waals surface area contributed by atoms with Crippen molar-refractivity contribution in [1.29, 1.82) is 5.26 Å². The standard InChI is InChI=1S/C12H13F3N2/c13-12(14,15)11-5-3-9(4-6-11)1-2-10(7-16)8-17/h3-6,10H,1-2,7,16H2. The van der Waals surface area contributed by atoms with E-state index in [1.54, 1.807) is 0 Å². The van der Waals surface area contributed by atoms with E-state index in [0.717, 1.165) is 17.7 Å². The second-order valence-corrected chi connectivity index (χ2v) is 3.80. The predicted molar refractivity (Wildman–Crippen MR) is 57.9 cm³/mol. The Balaban J connectivity index is 2.61. The molecule has 1 atom stereocenters. The van der Waals surface area contributed by atoms with Crippen LogP contribution in [0, 0.1) is 17.2 Å². The molecular weight excluding hydrogens is 229 g/mol. The number of rotatable bonds is 4. The first-order chi connectivity index (χ1) is 7.97. The summed E-state index contributed by atoms with van der Waals surface area (Å²) < 4.78 is 36.8. The van der Waals surface area contributed by atoms with Gasteiger partial charge in [-0.2, -0.15) is 18.4 Å². The fourth-order valence-electron chi connectivity index (χ4n) is 1.44. The van der Waals surface area contributed by atoms with Crippen molar-refractivity contribution in [1.82, 2.24) is 0 Å². The third-order valence-corrected chi connectivity index (χ3v) is 2.53. The second-order valence-electron chi connectivity index (χ2n) is 3.80. The normalized spacial score (nSPS) is 13.1. The minimum Gasteiger partial charge on any atom is -0.329 e. The monoisotopic (exact) mass is 242 g/mol. The summed E-state index contributed by atoms with van der Waals surface area (Å²) >= 11 is 0. The van der Waals surface area contributed by atoms with Gasteiger partial charge in [0.15, 0.2) is 0 Å². The zero-order valence-corrected chi connectivity index (χ0v) is 9.17. The smallest absolute Gasteiger partial charge is 0.329 e. The SMILES string of the molecule is N#CC(CN)CCc1ccc(C(F)(F)F)cc1. The number of nitriles is 1. The van der Waals surface area contributed by atoms with Crippen LogP contribution in [0.4, 0.5) is 13.2 Å². The van der Waals surface area contributed by atoms with Crippen molar-refractivity contribution in [3.05, 3.63) is 35.4 Å². The Morgan fingerprint density at radius 1 is 1.24 bits per heavy atom. The van der Waals surface area contributed by atoms with Gasteiger partial charge in [0.25, 0.3) is 0 Å². The van der Waals surface area contributed by atoms with Crippen LogP contribution in [0.15, 0.2) is 24.3 Å². The summed E-state index contributed by atoms with van der Waals surface area (Å²) in [4.78, 5) is 0. The lowest BCUT2D eigenvalue weighted by molar-refractivity contribution is -0.137. The maximum atomic E-state index is 12.3. The first-order valence-corrected chi connectivity index (χ1v) is 5.23. The molecule has 2 nitrogen and oxygen atoms in total. The molecule has 0 aliphatic heterocycles. The van der Waals surface area contributed by atoms with Crippen LogP contribution in [-0.2, 0) is 12.6 Å². The Labute approximate surface area is 97.9 Å². The molecule has 1 rings (SSSR count). The number of alkyl halides is 3. The van der Waals surface area contributed by atoms with Gasteiger partial charge in [-0.05, 0) is 30.5 Å². The van der Waals surface area contributed by atoms with Gasteiger partial charge in [0.05, 0.1) is 17.6 Å². The number of benzene rings is 1. The highest BCUT2D eigenvalue weighted by molar-refractivity contribution is 5.24. The Kier molecular flexibility index (Phi) is 4.53. The van der Waals surface area contributed by atoms with Gasteiger partial charge in [-0.15, -0.1) is 0 Å². The van der Waals surface area contributed by atoms with Gasteiger partial charge in [-0.3, -0.25) is 0 Å². The number of nitrogens with two attached hydrogens (primary N) is 1. The molecule has 0 bridgehead atoms. The summed E-state index contributed by atoms with van der Waals surface area (Å²) in [6, 6.07) is 7.04. The molecular formula is C12H13F3N2. The van der Waals surface area contributed by atoms with E-state index < -0.39 is 11.7 Å². The van der Waals surface area contributed by atoms with Crippen molar-refractivity contribution < 1.29 is 13.2 Å². The van der Waals surface area contributed by atoms with Crippen molar-refractivity contribution in [3.8, 4) is 6.07 Å². The van der Waals surface area contributed by atoms with Crippen molar-refractivity contribution in [2.45, 2.75) is 19.0 Å². The fourth-order valence-corrected chi connectivity index (χ4v) is 1.44. The number of aryl methyl sites for hydroxylation is 1. The van der Waals surface area contributed by atoms with Gasteiger partial charge in [-0.1, -0.05) is 12.1 Å². The largest absolute Gasteiger partial charge is 0.416 e. The van der Waals surface area contributed by atoms with E-state index in [1.165, 1.54) is 12.1 Å². The fraction of sp³-hybridized carbons (Fsp3) is 0.417. The van der Waals surface area contributed by atoms with Crippen LogP contribution in [0.25, 0.3) is 0 Å². The average Bonchev–Trinajstić information content (AvgIpc) is 2.30. The van der Waals surface area contributed by atoms with E-state index in [9.17, 15) is 13.2 Å². The van der Waals surface area contributed by atoms with E-state index in [2.05, 4.69) is 6.07 Å². The summed E-state index contributed by atoms with van der Waals surface area (Å²) in [6.07, 6.45) is -3.17. The van der Waals surface area contributed by atoms with E-state index in [1.807, 2.05) is 0 Å². The lowest BCUT2D eigenvalue weighted by atomic mass is 10.00. The number of hydrogen-bond acceptors (Lipinski definition) is 2. The Hall–Kier alpha value is -1.54. The first kappa shape index (κ1) is 13.5. The molecule has 1 aromatic carbocycles. The zero-order valence-electron chi connectivity index (χ0n) is 9.17. The lowest BCUT2D eigenvalue weighted by Gasteiger charge is -2.08. The Bertz CT molecular complexity index is 390. The maximum absolute atomic E-state index is 12.3. The highest BCUT2D eigenvalue weighted by Gasteiger charge is 2.29. The highest BCUT2D eigenvalue weighted by Crippen LogP contribution is 2.29. The molecule has 0 aliphatic carbocycles. The van der Waals surface area contributed by atoms with Gasteiger partial charge in [0.2, 0.25) is 0 Å². The third-order valence-electron chi connectivity index (χ3n) is 2.53. The molecule has 1 aromatic rings. The van der Waals surface area contributed by atoms with Gasteiger partial charge >= 0.3 is 6.18 Å². The number of nitrogens with zero attached hydrogens (tertiary/aromatic N) is 1. The second kappa shape index (κ2) is 5.69. The van der Waals surface area contributed by atoms with E-state index >= 15 is 0 Å². The average molecular weight is 242 g/mol. The molecule has 17 heavy (non-hydrogen) atoms. The van der Waals surface area contributed by atoms with Gasteiger partial charge in [0, 0.05) is 6.54 Å². The quantitative estimate of drug-likeness (QED) is 0.882. The van der Waals surface area contributed by atoms with Crippen LogP contribution in [0.1, 0.15) is 17.5 Å². The van der Waals surface area contributed by atoms with Gasteiger partial charge in [-0.25, -0.2) is 0 Å². The van der Waals surface area contributed by atoms with Crippen molar-refractivity contribution in [2.75, 3.05) is 6.54 Å². The minimum absolute atomic E-state index is 0.239. The molecule has 0 saturated carbocycles. The topological polar surface area (TPSA) is 49.8 Å². The summed E-state index contributed by atoms with van der Waals surface area (Å²) in [5.41, 5.74) is 5.49. The minimum atomic E-state index is -4.30.